The summed E-state index contributed by atoms with van der Waals surface area (Å²) >= 11 is 1.36. The van der Waals surface area contributed by atoms with Crippen LogP contribution in [-0.4, -0.2) is 18.9 Å². The van der Waals surface area contributed by atoms with E-state index >= 15 is 0 Å². The second kappa shape index (κ2) is 7.10. The molecule has 0 atom stereocenters. The molecular formula is C19H16N2O2S. The fourth-order valence-electron chi connectivity index (χ4n) is 2.32. The molecule has 4 nitrogen and oxygen atoms in total. The number of thiophene rings is 1. The van der Waals surface area contributed by atoms with E-state index in [4.69, 9.17) is 0 Å². The summed E-state index contributed by atoms with van der Waals surface area (Å²) in [4.78, 5) is 27.2. The minimum atomic E-state index is -0.215. The lowest BCUT2D eigenvalue weighted by Gasteiger charge is -2.19. The maximum Gasteiger partial charge on any atom is 0.265 e. The van der Waals surface area contributed by atoms with E-state index in [0.29, 0.717) is 16.1 Å². The third-order valence-electron chi connectivity index (χ3n) is 3.60. The first-order valence-electron chi connectivity index (χ1n) is 7.44. The van der Waals surface area contributed by atoms with Crippen LogP contribution in [0.4, 0.5) is 11.4 Å². The molecular weight excluding hydrogens is 320 g/mol. The first kappa shape index (κ1) is 16.0. The van der Waals surface area contributed by atoms with Crippen LogP contribution in [0.5, 0.6) is 0 Å². The lowest BCUT2D eigenvalue weighted by atomic mass is 10.1. The number of hydrogen-bond donors (Lipinski definition) is 1. The molecule has 0 saturated heterocycles. The molecule has 3 aromatic rings. The molecule has 0 fully saturated rings. The largest absolute Gasteiger partial charge is 0.321 e. The first-order valence-corrected chi connectivity index (χ1v) is 8.32. The van der Waals surface area contributed by atoms with E-state index < -0.39 is 0 Å². The Labute approximate surface area is 144 Å². The molecule has 2 amide bonds. The number of benzene rings is 2. The second-order valence-corrected chi connectivity index (χ2v) is 6.12. The zero-order chi connectivity index (χ0) is 16.9. The minimum absolute atomic E-state index is 0.178. The Morgan fingerprint density at radius 2 is 1.62 bits per heavy atom. The van der Waals surface area contributed by atoms with Crippen molar-refractivity contribution in [3.05, 3.63) is 82.6 Å². The monoisotopic (exact) mass is 336 g/mol. The summed E-state index contributed by atoms with van der Waals surface area (Å²) in [6.07, 6.45) is 0. The van der Waals surface area contributed by atoms with Crippen molar-refractivity contribution in [2.45, 2.75) is 0 Å². The molecule has 0 aliphatic carbocycles. The normalized spacial score (nSPS) is 10.2. The van der Waals surface area contributed by atoms with Crippen molar-refractivity contribution in [1.82, 2.24) is 0 Å². The molecule has 2 aromatic carbocycles. The molecule has 5 heteroatoms. The average Bonchev–Trinajstić information content (AvgIpc) is 3.16. The highest BCUT2D eigenvalue weighted by Crippen LogP contribution is 2.22. The van der Waals surface area contributed by atoms with Crippen LogP contribution in [-0.2, 0) is 0 Å². The van der Waals surface area contributed by atoms with Gasteiger partial charge in [-0.3, -0.25) is 9.59 Å². The van der Waals surface area contributed by atoms with Gasteiger partial charge in [-0.2, -0.15) is 0 Å². The second-order valence-electron chi connectivity index (χ2n) is 5.18. The third kappa shape index (κ3) is 3.36. The van der Waals surface area contributed by atoms with Gasteiger partial charge in [-0.05, 0) is 35.7 Å². The van der Waals surface area contributed by atoms with Crippen LogP contribution in [0.1, 0.15) is 20.0 Å². The Bertz CT molecular complexity index is 845. The topological polar surface area (TPSA) is 49.4 Å². The van der Waals surface area contributed by atoms with Gasteiger partial charge in [0.15, 0.2) is 0 Å². The maximum absolute atomic E-state index is 12.8. The quantitative estimate of drug-likeness (QED) is 0.773. The fourth-order valence-corrected chi connectivity index (χ4v) is 2.94. The van der Waals surface area contributed by atoms with E-state index in [1.165, 1.54) is 11.3 Å². The van der Waals surface area contributed by atoms with E-state index in [9.17, 15) is 9.59 Å². The molecule has 0 unspecified atom stereocenters. The predicted molar refractivity (Wildman–Crippen MR) is 97.9 cm³/mol. The fraction of sp³-hybridized carbons (Fsp3) is 0.0526. The zero-order valence-electron chi connectivity index (χ0n) is 13.1. The molecule has 0 radical (unpaired) electrons. The molecule has 120 valence electrons. The lowest BCUT2D eigenvalue weighted by molar-refractivity contribution is 0.0994. The van der Waals surface area contributed by atoms with Gasteiger partial charge < -0.3 is 10.2 Å². The van der Waals surface area contributed by atoms with Gasteiger partial charge in [0.25, 0.3) is 11.8 Å². The number of anilines is 2. The van der Waals surface area contributed by atoms with Gasteiger partial charge >= 0.3 is 0 Å². The van der Waals surface area contributed by atoms with Crippen molar-refractivity contribution in [1.29, 1.82) is 0 Å². The van der Waals surface area contributed by atoms with Crippen molar-refractivity contribution >= 4 is 34.5 Å². The van der Waals surface area contributed by atoms with Crippen LogP contribution >= 0.6 is 11.3 Å². The molecule has 1 N–H and O–H groups in total. The number of nitrogens with one attached hydrogen (secondary N) is 1. The summed E-state index contributed by atoms with van der Waals surface area (Å²) in [5.74, 6) is -0.393. The summed E-state index contributed by atoms with van der Waals surface area (Å²) in [7, 11) is 1.72. The number of rotatable bonds is 4. The van der Waals surface area contributed by atoms with Crippen LogP contribution in [0, 0.1) is 0 Å². The van der Waals surface area contributed by atoms with Crippen molar-refractivity contribution in [2.75, 3.05) is 17.3 Å². The molecule has 1 aromatic heterocycles. The SMILES string of the molecule is CN(C(=O)c1ccccc1NC(=O)c1cccs1)c1ccccc1. The lowest BCUT2D eigenvalue weighted by Crippen LogP contribution is -2.27. The molecule has 0 saturated carbocycles. The molecule has 0 aliphatic heterocycles. The maximum atomic E-state index is 12.8. The van der Waals surface area contributed by atoms with Crippen LogP contribution in [0.2, 0.25) is 0 Å². The molecule has 1 heterocycles. The van der Waals surface area contributed by atoms with E-state index in [1.54, 1.807) is 42.3 Å². The first-order chi connectivity index (χ1) is 11.7. The zero-order valence-corrected chi connectivity index (χ0v) is 13.9. The number of hydrogen-bond acceptors (Lipinski definition) is 3. The number of para-hydroxylation sites is 2. The van der Waals surface area contributed by atoms with E-state index in [0.717, 1.165) is 5.69 Å². The number of nitrogens with zero attached hydrogens (tertiary/aromatic N) is 1. The van der Waals surface area contributed by atoms with E-state index in [1.807, 2.05) is 41.8 Å². The Morgan fingerprint density at radius 1 is 0.917 bits per heavy atom. The summed E-state index contributed by atoms with van der Waals surface area (Å²) in [6.45, 7) is 0. The third-order valence-corrected chi connectivity index (χ3v) is 4.47. The van der Waals surface area contributed by atoms with Gasteiger partial charge in [-0.25, -0.2) is 0 Å². The smallest absolute Gasteiger partial charge is 0.265 e. The minimum Gasteiger partial charge on any atom is -0.321 e. The highest BCUT2D eigenvalue weighted by Gasteiger charge is 2.18. The van der Waals surface area contributed by atoms with E-state index in [2.05, 4.69) is 5.32 Å². The molecule has 3 rings (SSSR count). The molecule has 0 spiro atoms. The molecule has 0 bridgehead atoms. The van der Waals surface area contributed by atoms with Crippen molar-refractivity contribution in [3.63, 3.8) is 0 Å². The van der Waals surface area contributed by atoms with Crippen LogP contribution in [0.15, 0.2) is 72.1 Å². The van der Waals surface area contributed by atoms with Crippen LogP contribution in [0.25, 0.3) is 0 Å². The molecule has 0 aliphatic rings. The number of carbonyl (C=O) groups excluding carboxylic acids is 2. The summed E-state index contributed by atoms with van der Waals surface area (Å²) < 4.78 is 0. The van der Waals surface area contributed by atoms with Crippen molar-refractivity contribution in [3.8, 4) is 0 Å². The van der Waals surface area contributed by atoms with Gasteiger partial charge in [0.2, 0.25) is 0 Å². The predicted octanol–water partition coefficient (Wildman–Crippen LogP) is 4.28. The Morgan fingerprint density at radius 3 is 2.33 bits per heavy atom. The summed E-state index contributed by atoms with van der Waals surface area (Å²) in [6, 6.07) is 20.0. The number of amides is 2. The van der Waals surface area contributed by atoms with Gasteiger partial charge in [0, 0.05) is 12.7 Å². The molecule has 24 heavy (non-hydrogen) atoms. The summed E-state index contributed by atoms with van der Waals surface area (Å²) in [5.41, 5.74) is 1.75. The standard InChI is InChI=1S/C19H16N2O2S/c1-21(14-8-3-2-4-9-14)19(23)15-10-5-6-11-16(15)20-18(22)17-12-7-13-24-17/h2-13H,1H3,(H,20,22). The van der Waals surface area contributed by atoms with Crippen molar-refractivity contribution < 1.29 is 9.59 Å². The highest BCUT2D eigenvalue weighted by atomic mass is 32.1. The average molecular weight is 336 g/mol. The van der Waals surface area contributed by atoms with Crippen LogP contribution in [0.3, 0.4) is 0 Å². The van der Waals surface area contributed by atoms with E-state index in [-0.39, 0.29) is 11.8 Å². The Kier molecular flexibility index (Phi) is 4.72. The highest BCUT2D eigenvalue weighted by molar-refractivity contribution is 7.12. The summed E-state index contributed by atoms with van der Waals surface area (Å²) in [5, 5.41) is 4.67. The van der Waals surface area contributed by atoms with Crippen LogP contribution < -0.4 is 10.2 Å². The Hall–Kier alpha value is -2.92. The van der Waals surface area contributed by atoms with Gasteiger partial charge in [0.1, 0.15) is 0 Å². The van der Waals surface area contributed by atoms with Gasteiger partial charge in [0.05, 0.1) is 16.1 Å². The van der Waals surface area contributed by atoms with Gasteiger partial charge in [-0.1, -0.05) is 36.4 Å². The Balaban J connectivity index is 1.86. The number of carbonyl (C=O) groups is 2. The van der Waals surface area contributed by atoms with Gasteiger partial charge in [-0.15, -0.1) is 11.3 Å². The van der Waals surface area contributed by atoms with Crippen molar-refractivity contribution in [2.24, 2.45) is 0 Å².